The molecule has 1 aromatic carbocycles. The first-order valence-electron chi connectivity index (χ1n) is 4.60. The topological polar surface area (TPSA) is 38.0 Å². The summed E-state index contributed by atoms with van der Waals surface area (Å²) in [6, 6.07) is 4.23. The van der Waals surface area contributed by atoms with Gasteiger partial charge in [-0.1, -0.05) is 24.9 Å². The van der Waals surface area contributed by atoms with Crippen molar-refractivity contribution < 1.29 is 4.39 Å². The molecule has 0 fully saturated rings. The molecule has 1 unspecified atom stereocenters. The van der Waals surface area contributed by atoms with Gasteiger partial charge >= 0.3 is 0 Å². The molecule has 0 aliphatic heterocycles. The molecule has 0 spiro atoms. The van der Waals surface area contributed by atoms with Crippen LogP contribution >= 0.6 is 11.6 Å². The van der Waals surface area contributed by atoms with Crippen LogP contribution in [0.2, 0.25) is 5.02 Å². The van der Waals surface area contributed by atoms with Crippen molar-refractivity contribution in [3.8, 4) is 0 Å². The highest BCUT2D eigenvalue weighted by molar-refractivity contribution is 6.31. The largest absolute Gasteiger partial charge is 0.271 e. The van der Waals surface area contributed by atoms with Gasteiger partial charge in [0.2, 0.25) is 0 Å². The minimum Gasteiger partial charge on any atom is -0.271 e. The number of rotatable bonds is 4. The van der Waals surface area contributed by atoms with Gasteiger partial charge in [-0.25, -0.2) is 4.39 Å². The smallest absolute Gasteiger partial charge is 0.123 e. The second kappa shape index (κ2) is 5.29. The molecular weight excluding hydrogens is 203 g/mol. The van der Waals surface area contributed by atoms with Crippen LogP contribution in [0.25, 0.3) is 0 Å². The Morgan fingerprint density at radius 1 is 1.57 bits per heavy atom. The third kappa shape index (κ3) is 2.67. The fourth-order valence-corrected chi connectivity index (χ4v) is 1.65. The van der Waals surface area contributed by atoms with E-state index in [-0.39, 0.29) is 11.9 Å². The van der Waals surface area contributed by atoms with Gasteiger partial charge in [0.25, 0.3) is 0 Å². The van der Waals surface area contributed by atoms with Gasteiger partial charge in [0, 0.05) is 11.1 Å². The SMILES string of the molecule is CCCC(NN)c1cc(F)ccc1Cl. The minimum atomic E-state index is -0.291. The van der Waals surface area contributed by atoms with Crippen LogP contribution in [0.15, 0.2) is 18.2 Å². The molecule has 1 rings (SSSR count). The molecule has 2 nitrogen and oxygen atoms in total. The molecule has 14 heavy (non-hydrogen) atoms. The maximum Gasteiger partial charge on any atom is 0.123 e. The quantitative estimate of drug-likeness (QED) is 0.600. The number of hydrogen-bond donors (Lipinski definition) is 2. The van der Waals surface area contributed by atoms with Crippen molar-refractivity contribution in [2.24, 2.45) is 5.84 Å². The standard InChI is InChI=1S/C10H14ClFN2/c1-2-3-10(14-13)8-6-7(12)4-5-9(8)11/h4-6,10,14H,2-3,13H2,1H3. The van der Waals surface area contributed by atoms with E-state index >= 15 is 0 Å². The number of nitrogens with one attached hydrogen (secondary N) is 1. The van der Waals surface area contributed by atoms with E-state index in [9.17, 15) is 4.39 Å². The Hall–Kier alpha value is -0.640. The highest BCUT2D eigenvalue weighted by Crippen LogP contribution is 2.26. The highest BCUT2D eigenvalue weighted by Gasteiger charge is 2.12. The number of nitrogens with two attached hydrogens (primary N) is 1. The van der Waals surface area contributed by atoms with Gasteiger partial charge in [0.05, 0.1) is 0 Å². The van der Waals surface area contributed by atoms with Gasteiger partial charge in [-0.2, -0.15) is 0 Å². The molecule has 3 N–H and O–H groups in total. The average Bonchev–Trinajstić information content (AvgIpc) is 2.18. The lowest BCUT2D eigenvalue weighted by atomic mass is 10.0. The van der Waals surface area contributed by atoms with Gasteiger partial charge < -0.3 is 0 Å². The zero-order valence-electron chi connectivity index (χ0n) is 8.06. The predicted molar refractivity (Wildman–Crippen MR) is 56.4 cm³/mol. The molecule has 0 aliphatic rings. The van der Waals surface area contributed by atoms with Crippen molar-refractivity contribution in [1.29, 1.82) is 0 Å². The summed E-state index contributed by atoms with van der Waals surface area (Å²) in [5.74, 6) is 5.09. The second-order valence-electron chi connectivity index (χ2n) is 3.17. The Balaban J connectivity index is 2.96. The van der Waals surface area contributed by atoms with Crippen LogP contribution in [0.3, 0.4) is 0 Å². The molecule has 0 saturated heterocycles. The molecule has 0 radical (unpaired) electrons. The van der Waals surface area contributed by atoms with Gasteiger partial charge in [-0.3, -0.25) is 11.3 Å². The van der Waals surface area contributed by atoms with Gasteiger partial charge in [0.15, 0.2) is 0 Å². The first-order chi connectivity index (χ1) is 6.69. The predicted octanol–water partition coefficient (Wildman–Crippen LogP) is 2.78. The third-order valence-corrected chi connectivity index (χ3v) is 2.46. The summed E-state index contributed by atoms with van der Waals surface area (Å²) < 4.78 is 13.0. The summed E-state index contributed by atoms with van der Waals surface area (Å²) in [7, 11) is 0. The van der Waals surface area contributed by atoms with Crippen molar-refractivity contribution >= 4 is 11.6 Å². The lowest BCUT2D eigenvalue weighted by Crippen LogP contribution is -2.28. The zero-order chi connectivity index (χ0) is 10.6. The average molecular weight is 217 g/mol. The second-order valence-corrected chi connectivity index (χ2v) is 3.58. The summed E-state index contributed by atoms with van der Waals surface area (Å²) in [5, 5.41) is 0.544. The Morgan fingerprint density at radius 2 is 2.29 bits per heavy atom. The summed E-state index contributed by atoms with van der Waals surface area (Å²) >= 11 is 5.94. The van der Waals surface area contributed by atoms with Crippen LogP contribution in [-0.4, -0.2) is 0 Å². The molecule has 1 atom stereocenters. The fourth-order valence-electron chi connectivity index (χ4n) is 1.40. The summed E-state index contributed by atoms with van der Waals surface area (Å²) in [4.78, 5) is 0. The van der Waals surface area contributed by atoms with E-state index in [2.05, 4.69) is 5.43 Å². The number of benzene rings is 1. The van der Waals surface area contributed by atoms with Gasteiger partial charge in [-0.05, 0) is 30.2 Å². The maximum absolute atomic E-state index is 13.0. The van der Waals surface area contributed by atoms with Crippen molar-refractivity contribution in [2.45, 2.75) is 25.8 Å². The van der Waals surface area contributed by atoms with Crippen molar-refractivity contribution in [1.82, 2.24) is 5.43 Å². The minimum absolute atomic E-state index is 0.0804. The van der Waals surface area contributed by atoms with E-state index in [0.717, 1.165) is 18.4 Å². The molecule has 0 saturated carbocycles. The Morgan fingerprint density at radius 3 is 2.86 bits per heavy atom. The van der Waals surface area contributed by atoms with E-state index in [0.29, 0.717) is 5.02 Å². The lowest BCUT2D eigenvalue weighted by molar-refractivity contribution is 0.506. The summed E-state index contributed by atoms with van der Waals surface area (Å²) in [5.41, 5.74) is 3.35. The van der Waals surface area contributed by atoms with E-state index in [1.54, 1.807) is 6.07 Å². The monoisotopic (exact) mass is 216 g/mol. The molecular formula is C10H14ClFN2. The van der Waals surface area contributed by atoms with Crippen molar-refractivity contribution in [2.75, 3.05) is 0 Å². The van der Waals surface area contributed by atoms with Crippen LogP contribution in [0.4, 0.5) is 4.39 Å². The molecule has 0 bridgehead atoms. The summed E-state index contributed by atoms with van der Waals surface area (Å²) in [6.45, 7) is 2.04. The number of hydrogen-bond acceptors (Lipinski definition) is 2. The van der Waals surface area contributed by atoms with Crippen LogP contribution < -0.4 is 11.3 Å². The van der Waals surface area contributed by atoms with Gasteiger partial charge in [-0.15, -0.1) is 0 Å². The lowest BCUT2D eigenvalue weighted by Gasteiger charge is -2.16. The van der Waals surface area contributed by atoms with E-state index in [4.69, 9.17) is 17.4 Å². The van der Waals surface area contributed by atoms with Crippen molar-refractivity contribution in [3.05, 3.63) is 34.6 Å². The van der Waals surface area contributed by atoms with Crippen molar-refractivity contribution in [3.63, 3.8) is 0 Å². The molecule has 4 heteroatoms. The number of hydrazine groups is 1. The van der Waals surface area contributed by atoms with Crippen LogP contribution in [0, 0.1) is 5.82 Å². The van der Waals surface area contributed by atoms with E-state index in [1.807, 2.05) is 6.92 Å². The first kappa shape index (κ1) is 11.4. The third-order valence-electron chi connectivity index (χ3n) is 2.11. The molecule has 0 aromatic heterocycles. The van der Waals surface area contributed by atoms with E-state index in [1.165, 1.54) is 12.1 Å². The van der Waals surface area contributed by atoms with Crippen LogP contribution in [0.1, 0.15) is 31.4 Å². The molecule has 0 amide bonds. The number of halogens is 2. The Labute approximate surface area is 88.2 Å². The molecule has 78 valence electrons. The van der Waals surface area contributed by atoms with Gasteiger partial charge in [0.1, 0.15) is 5.82 Å². The molecule has 0 heterocycles. The van der Waals surface area contributed by atoms with E-state index < -0.39 is 0 Å². The molecule has 1 aromatic rings. The Bertz CT molecular complexity index is 304. The van der Waals surface area contributed by atoms with Crippen LogP contribution in [0.5, 0.6) is 0 Å². The molecule has 0 aliphatic carbocycles. The van der Waals surface area contributed by atoms with Crippen LogP contribution in [-0.2, 0) is 0 Å². The first-order valence-corrected chi connectivity index (χ1v) is 4.98. The normalized spacial score (nSPS) is 12.9. The summed E-state index contributed by atoms with van der Waals surface area (Å²) in [6.07, 6.45) is 1.79. The highest BCUT2D eigenvalue weighted by atomic mass is 35.5. The maximum atomic E-state index is 13.0. The zero-order valence-corrected chi connectivity index (χ0v) is 8.81. The Kier molecular flexibility index (Phi) is 4.32. The fraction of sp³-hybridized carbons (Fsp3) is 0.400.